The van der Waals surface area contributed by atoms with Gasteiger partial charge in [-0.25, -0.2) is 14.4 Å². The summed E-state index contributed by atoms with van der Waals surface area (Å²) in [6.07, 6.45) is 0. The van der Waals surface area contributed by atoms with E-state index in [4.69, 9.17) is 0 Å². The van der Waals surface area contributed by atoms with Crippen molar-refractivity contribution in [2.75, 3.05) is 42.1 Å². The summed E-state index contributed by atoms with van der Waals surface area (Å²) in [4.78, 5) is 37.5. The number of benzene rings is 2. The number of carbonyl (C=O) groups excluding carboxylic acids is 2. The quantitative estimate of drug-likeness (QED) is 0.427. The number of aromatic nitrogens is 2. The van der Waals surface area contributed by atoms with Crippen molar-refractivity contribution in [3.8, 4) is 0 Å². The van der Waals surface area contributed by atoms with Crippen LogP contribution in [0, 0.1) is 19.7 Å². The average Bonchev–Trinajstić information content (AvgIpc) is 2.82. The van der Waals surface area contributed by atoms with Gasteiger partial charge in [0, 0.05) is 54.5 Å². The second-order valence-electron chi connectivity index (χ2n) is 8.11. The van der Waals surface area contributed by atoms with Gasteiger partial charge in [0.2, 0.25) is 5.91 Å². The molecular weight excluding hydrogens is 453 g/mol. The monoisotopic (exact) mass is 479 g/mol. The van der Waals surface area contributed by atoms with Gasteiger partial charge in [-0.3, -0.25) is 9.59 Å². The van der Waals surface area contributed by atoms with Crippen molar-refractivity contribution in [1.29, 1.82) is 0 Å². The van der Waals surface area contributed by atoms with Gasteiger partial charge in [0.15, 0.2) is 5.16 Å². The highest BCUT2D eigenvalue weighted by atomic mass is 32.2. The first-order valence-corrected chi connectivity index (χ1v) is 12.0. The van der Waals surface area contributed by atoms with E-state index in [0.717, 1.165) is 22.8 Å². The molecule has 1 aliphatic rings. The van der Waals surface area contributed by atoms with Crippen molar-refractivity contribution in [3.63, 3.8) is 0 Å². The Hall–Kier alpha value is -3.46. The first-order valence-electron chi connectivity index (χ1n) is 11.0. The fourth-order valence-electron chi connectivity index (χ4n) is 3.81. The van der Waals surface area contributed by atoms with Crippen molar-refractivity contribution in [2.45, 2.75) is 19.0 Å². The maximum absolute atomic E-state index is 13.4. The predicted octanol–water partition coefficient (Wildman–Crippen LogP) is 3.93. The highest BCUT2D eigenvalue weighted by Gasteiger charge is 2.22. The number of rotatable bonds is 6. The zero-order valence-corrected chi connectivity index (χ0v) is 19.9. The van der Waals surface area contributed by atoms with Crippen LogP contribution in [-0.2, 0) is 4.79 Å². The van der Waals surface area contributed by atoms with Gasteiger partial charge in [0.05, 0.1) is 5.75 Å². The zero-order valence-electron chi connectivity index (χ0n) is 19.1. The fraction of sp³-hybridized carbons (Fsp3) is 0.280. The highest BCUT2D eigenvalue weighted by molar-refractivity contribution is 7.99. The molecule has 0 atom stereocenters. The van der Waals surface area contributed by atoms with E-state index in [-0.39, 0.29) is 17.6 Å². The Balaban J connectivity index is 1.26. The standard InChI is InChI=1S/C25H26FN5O2S/c1-17-14-18(2)28-25(27-17)34-16-23(32)29-21-6-8-22(9-7-21)30-10-12-31(13-11-30)24(33)19-4-3-5-20(26)15-19/h3-9,14-15H,10-13,16H2,1-2H3,(H,29,32). The number of amides is 2. The second-order valence-corrected chi connectivity index (χ2v) is 9.05. The maximum Gasteiger partial charge on any atom is 0.254 e. The summed E-state index contributed by atoms with van der Waals surface area (Å²) in [6, 6.07) is 15.3. The lowest BCUT2D eigenvalue weighted by Crippen LogP contribution is -2.48. The molecule has 4 rings (SSSR count). The molecular formula is C25H26FN5O2S. The van der Waals surface area contributed by atoms with Crippen LogP contribution in [0.15, 0.2) is 59.8 Å². The van der Waals surface area contributed by atoms with Gasteiger partial charge in [0.25, 0.3) is 5.91 Å². The van der Waals surface area contributed by atoms with Gasteiger partial charge < -0.3 is 15.1 Å². The Morgan fingerprint density at radius 3 is 2.29 bits per heavy atom. The number of piperazine rings is 1. The molecule has 0 unspecified atom stereocenters. The third-order valence-corrected chi connectivity index (χ3v) is 6.30. The lowest BCUT2D eigenvalue weighted by Gasteiger charge is -2.36. The Bertz CT molecular complexity index is 1160. The van der Waals surface area contributed by atoms with E-state index < -0.39 is 5.82 Å². The smallest absolute Gasteiger partial charge is 0.254 e. The minimum Gasteiger partial charge on any atom is -0.368 e. The summed E-state index contributed by atoms with van der Waals surface area (Å²) in [5.41, 5.74) is 3.87. The van der Waals surface area contributed by atoms with Gasteiger partial charge in [-0.05, 0) is 62.4 Å². The summed E-state index contributed by atoms with van der Waals surface area (Å²) < 4.78 is 13.4. The molecule has 0 bridgehead atoms. The Morgan fingerprint density at radius 2 is 1.65 bits per heavy atom. The molecule has 2 heterocycles. The van der Waals surface area contributed by atoms with Crippen molar-refractivity contribution in [2.24, 2.45) is 0 Å². The SMILES string of the molecule is Cc1cc(C)nc(SCC(=O)Nc2ccc(N3CCN(C(=O)c4cccc(F)c4)CC3)cc2)n1. The van der Waals surface area contributed by atoms with Crippen LogP contribution in [0.5, 0.6) is 0 Å². The van der Waals surface area contributed by atoms with E-state index in [9.17, 15) is 14.0 Å². The van der Waals surface area contributed by atoms with Crippen molar-refractivity contribution in [1.82, 2.24) is 14.9 Å². The largest absolute Gasteiger partial charge is 0.368 e. The topological polar surface area (TPSA) is 78.4 Å². The number of aryl methyl sites for hydroxylation is 2. The normalized spacial score (nSPS) is 13.6. The summed E-state index contributed by atoms with van der Waals surface area (Å²) >= 11 is 1.31. The summed E-state index contributed by atoms with van der Waals surface area (Å²) in [5, 5.41) is 3.49. The first kappa shape index (κ1) is 23.7. The summed E-state index contributed by atoms with van der Waals surface area (Å²) in [7, 11) is 0. The number of thioether (sulfide) groups is 1. The predicted molar refractivity (Wildman–Crippen MR) is 132 cm³/mol. The third-order valence-electron chi connectivity index (χ3n) is 5.45. The Morgan fingerprint density at radius 1 is 0.971 bits per heavy atom. The molecule has 0 radical (unpaired) electrons. The van der Waals surface area contributed by atoms with Crippen molar-refractivity contribution in [3.05, 3.63) is 77.4 Å². The van der Waals surface area contributed by atoms with Crippen LogP contribution >= 0.6 is 11.8 Å². The van der Waals surface area contributed by atoms with Crippen LogP contribution in [0.25, 0.3) is 0 Å². The van der Waals surface area contributed by atoms with Gasteiger partial charge in [-0.2, -0.15) is 0 Å². The third kappa shape index (κ3) is 6.11. The lowest BCUT2D eigenvalue weighted by molar-refractivity contribution is -0.113. The molecule has 2 amide bonds. The molecule has 1 N–H and O–H groups in total. The molecule has 34 heavy (non-hydrogen) atoms. The van der Waals surface area contributed by atoms with E-state index in [1.165, 1.54) is 23.9 Å². The fourth-order valence-corrected chi connectivity index (χ4v) is 4.56. The number of carbonyl (C=O) groups is 2. The van der Waals surface area contributed by atoms with Crippen LogP contribution in [-0.4, -0.2) is 58.6 Å². The van der Waals surface area contributed by atoms with Crippen LogP contribution in [0.3, 0.4) is 0 Å². The number of halogens is 1. The van der Waals surface area contributed by atoms with Gasteiger partial charge >= 0.3 is 0 Å². The van der Waals surface area contributed by atoms with Gasteiger partial charge in [-0.1, -0.05) is 17.8 Å². The molecule has 0 aliphatic carbocycles. The molecule has 176 valence electrons. The van der Waals surface area contributed by atoms with Crippen molar-refractivity contribution < 1.29 is 14.0 Å². The minimum atomic E-state index is -0.408. The Kier molecular flexibility index (Phi) is 7.42. The molecule has 2 aromatic carbocycles. The number of hydrogen-bond acceptors (Lipinski definition) is 6. The van der Waals surface area contributed by atoms with E-state index in [0.29, 0.717) is 36.9 Å². The number of anilines is 2. The summed E-state index contributed by atoms with van der Waals surface area (Å²) in [5.74, 6) is -0.452. The molecule has 1 saturated heterocycles. The maximum atomic E-state index is 13.4. The van der Waals surface area contributed by atoms with Gasteiger partial charge in [0.1, 0.15) is 5.82 Å². The Labute approximate surface area is 202 Å². The second kappa shape index (κ2) is 10.6. The molecule has 1 aromatic heterocycles. The van der Waals surface area contributed by atoms with Gasteiger partial charge in [-0.15, -0.1) is 0 Å². The zero-order chi connectivity index (χ0) is 24.1. The molecule has 1 fully saturated rings. The molecule has 3 aromatic rings. The minimum absolute atomic E-state index is 0.120. The molecule has 1 aliphatic heterocycles. The van der Waals surface area contributed by atoms with E-state index in [1.54, 1.807) is 17.0 Å². The average molecular weight is 480 g/mol. The molecule has 7 nitrogen and oxygen atoms in total. The highest BCUT2D eigenvalue weighted by Crippen LogP contribution is 2.21. The lowest BCUT2D eigenvalue weighted by atomic mass is 10.1. The van der Waals surface area contributed by atoms with Crippen LogP contribution in [0.4, 0.5) is 15.8 Å². The van der Waals surface area contributed by atoms with Crippen molar-refractivity contribution >= 4 is 35.0 Å². The van der Waals surface area contributed by atoms with Crippen LogP contribution in [0.2, 0.25) is 0 Å². The number of nitrogens with zero attached hydrogens (tertiary/aromatic N) is 4. The molecule has 0 saturated carbocycles. The first-order chi connectivity index (χ1) is 16.4. The summed E-state index contributed by atoms with van der Waals surface area (Å²) in [6.45, 7) is 6.29. The van der Waals surface area contributed by atoms with Crippen LogP contribution in [0.1, 0.15) is 21.7 Å². The number of hydrogen-bond donors (Lipinski definition) is 1. The molecule has 0 spiro atoms. The van der Waals surface area contributed by atoms with E-state index in [2.05, 4.69) is 20.2 Å². The van der Waals surface area contributed by atoms with Crippen LogP contribution < -0.4 is 10.2 Å². The van der Waals surface area contributed by atoms with E-state index in [1.807, 2.05) is 44.2 Å². The number of nitrogens with one attached hydrogen (secondary N) is 1. The van der Waals surface area contributed by atoms with E-state index >= 15 is 0 Å². The molecule has 9 heteroatoms.